The van der Waals surface area contributed by atoms with Crippen LogP contribution in [0.2, 0.25) is 0 Å². The molecule has 7 aliphatic rings. The van der Waals surface area contributed by atoms with Gasteiger partial charge in [0.2, 0.25) is 0 Å². The van der Waals surface area contributed by atoms with Crippen molar-refractivity contribution in [1.82, 2.24) is 4.90 Å². The van der Waals surface area contributed by atoms with Crippen molar-refractivity contribution in [1.29, 1.82) is 0 Å². The molecule has 1 aromatic carbocycles. The Hall–Kier alpha value is -1.26. The molecule has 4 heteroatoms. The second-order valence-electron chi connectivity index (χ2n) is 10.4. The molecule has 3 atom stereocenters. The van der Waals surface area contributed by atoms with Gasteiger partial charge >= 0.3 is 0 Å². The van der Waals surface area contributed by atoms with Crippen LogP contribution in [0, 0.1) is 11.3 Å². The molecule has 8 rings (SSSR count). The SMILES string of the molecule is COc1ccc2c3c1O[C@H]1C4(OC)CCC5(CC4)C(C2)N(CC2CC2)CCC315. The maximum absolute atomic E-state index is 6.88. The summed E-state index contributed by atoms with van der Waals surface area (Å²) in [6.45, 7) is 2.54. The Morgan fingerprint density at radius 1 is 1.11 bits per heavy atom. The fraction of sp³-hybridized carbons (Fsp3) is 0.750. The largest absolute Gasteiger partial charge is 0.493 e. The van der Waals surface area contributed by atoms with E-state index >= 15 is 0 Å². The molecule has 2 spiro atoms. The zero-order valence-electron chi connectivity index (χ0n) is 17.1. The highest BCUT2D eigenvalue weighted by Gasteiger charge is 2.78. The van der Waals surface area contributed by atoms with Crippen LogP contribution >= 0.6 is 0 Å². The number of benzene rings is 1. The molecule has 0 aromatic heterocycles. The van der Waals surface area contributed by atoms with Crippen LogP contribution < -0.4 is 9.47 Å². The first-order chi connectivity index (χ1) is 13.7. The summed E-state index contributed by atoms with van der Waals surface area (Å²) in [4.78, 5) is 2.90. The first kappa shape index (κ1) is 16.5. The van der Waals surface area contributed by atoms with E-state index < -0.39 is 0 Å². The highest BCUT2D eigenvalue weighted by atomic mass is 16.6. The quantitative estimate of drug-likeness (QED) is 0.796. The van der Waals surface area contributed by atoms with Gasteiger partial charge in [-0.1, -0.05) is 6.07 Å². The average Bonchev–Trinajstić information content (AvgIpc) is 3.47. The van der Waals surface area contributed by atoms with Crippen LogP contribution in [0.15, 0.2) is 12.1 Å². The van der Waals surface area contributed by atoms with E-state index in [1.165, 1.54) is 62.7 Å². The predicted molar refractivity (Wildman–Crippen MR) is 106 cm³/mol. The molecule has 28 heavy (non-hydrogen) atoms. The van der Waals surface area contributed by atoms with Crippen molar-refractivity contribution in [3.05, 3.63) is 23.3 Å². The molecule has 2 unspecified atom stereocenters. The van der Waals surface area contributed by atoms with Crippen molar-refractivity contribution in [2.75, 3.05) is 27.3 Å². The van der Waals surface area contributed by atoms with Gasteiger partial charge in [0.05, 0.1) is 7.11 Å². The van der Waals surface area contributed by atoms with Crippen molar-refractivity contribution in [2.24, 2.45) is 11.3 Å². The molecule has 4 saturated carbocycles. The van der Waals surface area contributed by atoms with Crippen LogP contribution in [-0.4, -0.2) is 50.0 Å². The van der Waals surface area contributed by atoms with Gasteiger partial charge in [0.15, 0.2) is 11.5 Å². The van der Waals surface area contributed by atoms with Crippen molar-refractivity contribution < 1.29 is 14.2 Å². The van der Waals surface area contributed by atoms with E-state index in [1.54, 1.807) is 7.11 Å². The van der Waals surface area contributed by atoms with Gasteiger partial charge in [-0.2, -0.15) is 0 Å². The Kier molecular flexibility index (Phi) is 2.99. The Bertz CT molecular complexity index is 854. The smallest absolute Gasteiger partial charge is 0.165 e. The molecule has 5 aliphatic carbocycles. The van der Waals surface area contributed by atoms with E-state index in [1.807, 2.05) is 7.11 Å². The van der Waals surface area contributed by atoms with E-state index in [0.717, 1.165) is 30.3 Å². The van der Waals surface area contributed by atoms with Gasteiger partial charge in [-0.05, 0) is 80.9 Å². The number of nitrogens with zero attached hydrogens (tertiary/aromatic N) is 1. The maximum atomic E-state index is 6.88. The molecule has 4 nitrogen and oxygen atoms in total. The Labute approximate surface area is 167 Å². The lowest BCUT2D eigenvalue weighted by molar-refractivity contribution is -0.251. The van der Waals surface area contributed by atoms with Crippen LogP contribution in [0.5, 0.6) is 11.5 Å². The zero-order chi connectivity index (χ0) is 18.7. The molecule has 0 N–H and O–H groups in total. The summed E-state index contributed by atoms with van der Waals surface area (Å²) in [6, 6.07) is 5.16. The first-order valence-corrected chi connectivity index (χ1v) is 11.3. The predicted octanol–water partition coefficient (Wildman–Crippen LogP) is 3.69. The number of hydrogen-bond donors (Lipinski definition) is 0. The van der Waals surface area contributed by atoms with Gasteiger partial charge in [-0.25, -0.2) is 0 Å². The van der Waals surface area contributed by atoms with E-state index in [9.17, 15) is 0 Å². The second kappa shape index (κ2) is 5.07. The number of likely N-dealkylation sites (tertiary alicyclic amines) is 1. The van der Waals surface area contributed by atoms with Gasteiger partial charge in [0.25, 0.3) is 0 Å². The molecule has 2 aliphatic heterocycles. The summed E-state index contributed by atoms with van der Waals surface area (Å²) in [5.41, 5.74) is 3.40. The topological polar surface area (TPSA) is 30.9 Å². The van der Waals surface area contributed by atoms with Crippen molar-refractivity contribution in [3.63, 3.8) is 0 Å². The summed E-state index contributed by atoms with van der Waals surface area (Å²) >= 11 is 0. The lowest BCUT2D eigenvalue weighted by atomic mass is 9.36. The molecule has 1 saturated heterocycles. The molecular formula is C24H31NO3. The fourth-order valence-electron chi connectivity index (χ4n) is 8.44. The highest BCUT2D eigenvalue weighted by Crippen LogP contribution is 2.75. The minimum atomic E-state index is -0.121. The van der Waals surface area contributed by atoms with Crippen molar-refractivity contribution >= 4 is 0 Å². The van der Waals surface area contributed by atoms with Crippen LogP contribution in [-0.2, 0) is 16.6 Å². The number of fused-ring (bicyclic) bond motifs is 2. The lowest BCUT2D eigenvalue weighted by Gasteiger charge is -2.72. The van der Waals surface area contributed by atoms with Crippen molar-refractivity contribution in [3.8, 4) is 11.5 Å². The maximum Gasteiger partial charge on any atom is 0.165 e. The van der Waals surface area contributed by atoms with Crippen LogP contribution in [0.3, 0.4) is 0 Å². The number of rotatable bonds is 4. The van der Waals surface area contributed by atoms with E-state index in [0.29, 0.717) is 11.5 Å². The first-order valence-electron chi connectivity index (χ1n) is 11.3. The fourth-order valence-corrected chi connectivity index (χ4v) is 8.44. The number of hydrogen-bond acceptors (Lipinski definition) is 4. The third-order valence-electron chi connectivity index (χ3n) is 9.79. The normalized spacial score (nSPS) is 44.9. The molecular weight excluding hydrogens is 350 g/mol. The lowest BCUT2D eigenvalue weighted by Crippen LogP contribution is -2.78. The molecule has 2 heterocycles. The minimum absolute atomic E-state index is 0.121. The number of methoxy groups -OCH3 is 2. The van der Waals surface area contributed by atoms with E-state index in [2.05, 4.69) is 17.0 Å². The van der Waals surface area contributed by atoms with Gasteiger partial charge in [-0.3, -0.25) is 4.90 Å². The van der Waals surface area contributed by atoms with Crippen LogP contribution in [0.1, 0.15) is 56.1 Å². The molecule has 150 valence electrons. The Balaban J connectivity index is 1.47. The molecule has 5 fully saturated rings. The summed E-state index contributed by atoms with van der Waals surface area (Å²) in [5, 5.41) is 0. The highest BCUT2D eigenvalue weighted by molar-refractivity contribution is 5.63. The van der Waals surface area contributed by atoms with Gasteiger partial charge in [-0.15, -0.1) is 0 Å². The van der Waals surface area contributed by atoms with Gasteiger partial charge in [0, 0.05) is 30.7 Å². The minimum Gasteiger partial charge on any atom is -0.493 e. The third kappa shape index (κ3) is 1.62. The summed E-state index contributed by atoms with van der Waals surface area (Å²) < 4.78 is 19.0. The van der Waals surface area contributed by atoms with Crippen molar-refractivity contribution in [2.45, 2.75) is 74.5 Å². The standard InChI is InChI=1S/C24H31NO3/c1-26-17-6-5-16-13-18-22-7-9-23(27-2,10-8-22)21-24(22,19(16)20(17)28-21)11-12-25(18)14-15-3-4-15/h5-6,15,18,21H,3-4,7-14H2,1-2H3/t18?,21-,22?,23?,24?/m0/s1. The molecule has 0 amide bonds. The summed E-state index contributed by atoms with van der Waals surface area (Å²) in [5.74, 6) is 2.93. The Morgan fingerprint density at radius 3 is 2.64 bits per heavy atom. The number of ether oxygens (including phenoxy) is 3. The van der Waals surface area contributed by atoms with Crippen LogP contribution in [0.4, 0.5) is 0 Å². The second-order valence-corrected chi connectivity index (χ2v) is 10.4. The average molecular weight is 382 g/mol. The summed E-state index contributed by atoms with van der Waals surface area (Å²) in [6.07, 6.45) is 10.3. The third-order valence-corrected chi connectivity index (χ3v) is 9.79. The monoisotopic (exact) mass is 381 g/mol. The van der Waals surface area contributed by atoms with Crippen LogP contribution in [0.25, 0.3) is 0 Å². The van der Waals surface area contributed by atoms with Gasteiger partial charge in [0.1, 0.15) is 11.7 Å². The Morgan fingerprint density at radius 2 is 1.93 bits per heavy atom. The molecule has 1 aromatic rings. The number of piperidine rings is 1. The molecule has 4 bridgehead atoms. The van der Waals surface area contributed by atoms with Gasteiger partial charge < -0.3 is 14.2 Å². The van der Waals surface area contributed by atoms with E-state index in [-0.39, 0.29) is 17.1 Å². The summed E-state index contributed by atoms with van der Waals surface area (Å²) in [7, 11) is 3.70. The van der Waals surface area contributed by atoms with E-state index in [4.69, 9.17) is 14.2 Å². The zero-order valence-corrected chi connectivity index (χ0v) is 17.1. The molecule has 0 radical (unpaired) electrons.